The van der Waals surface area contributed by atoms with Crippen LogP contribution in [-0.2, 0) is 9.59 Å². The van der Waals surface area contributed by atoms with Crippen LogP contribution in [0.5, 0.6) is 5.75 Å². The van der Waals surface area contributed by atoms with E-state index in [1.54, 1.807) is 0 Å². The minimum absolute atomic E-state index is 0.00941. The van der Waals surface area contributed by atoms with Crippen molar-refractivity contribution in [1.29, 1.82) is 0 Å². The van der Waals surface area contributed by atoms with Crippen molar-refractivity contribution in [2.75, 3.05) is 13.1 Å². The van der Waals surface area contributed by atoms with Gasteiger partial charge in [-0.05, 0) is 24.4 Å². The van der Waals surface area contributed by atoms with Crippen LogP contribution in [0.3, 0.4) is 0 Å². The molecule has 30 heavy (non-hydrogen) atoms. The highest BCUT2D eigenvalue weighted by Crippen LogP contribution is 2.29. The first kappa shape index (κ1) is 23.5. The molecule has 3 rings (SSSR count). The van der Waals surface area contributed by atoms with Crippen molar-refractivity contribution in [3.8, 4) is 5.75 Å². The molecule has 0 radical (unpaired) electrons. The van der Waals surface area contributed by atoms with E-state index in [0.29, 0.717) is 6.42 Å². The Labute approximate surface area is 172 Å². The lowest BCUT2D eigenvalue weighted by Gasteiger charge is -2.20. The van der Waals surface area contributed by atoms with Gasteiger partial charge < -0.3 is 15.6 Å². The Bertz CT molecular complexity index is 867. The molecule has 2 atom stereocenters. The van der Waals surface area contributed by atoms with E-state index >= 15 is 0 Å². The number of ether oxygens (including phenoxy) is 1. The summed E-state index contributed by atoms with van der Waals surface area (Å²) in [5.41, 5.74) is 5.57. The molecule has 3 N–H and O–H groups in total. The van der Waals surface area contributed by atoms with E-state index in [-0.39, 0.29) is 18.1 Å². The first-order chi connectivity index (χ1) is 14.1. The Hall–Kier alpha value is -2.81. The van der Waals surface area contributed by atoms with Gasteiger partial charge in [0.2, 0.25) is 5.91 Å². The summed E-state index contributed by atoms with van der Waals surface area (Å²) in [5.74, 6) is -2.12. The molecule has 0 aliphatic carbocycles. The molecule has 1 fully saturated rings. The van der Waals surface area contributed by atoms with E-state index in [1.807, 2.05) is 24.3 Å². The van der Waals surface area contributed by atoms with Crippen LogP contribution in [0.1, 0.15) is 26.2 Å². The van der Waals surface area contributed by atoms with Gasteiger partial charge in [0.15, 0.2) is 0 Å². The highest BCUT2D eigenvalue weighted by atomic mass is 19.4. The van der Waals surface area contributed by atoms with Crippen LogP contribution in [-0.4, -0.2) is 53.3 Å². The first-order valence-corrected chi connectivity index (χ1v) is 9.61. The lowest BCUT2D eigenvalue weighted by molar-refractivity contribution is -0.192. The van der Waals surface area contributed by atoms with Crippen molar-refractivity contribution in [1.82, 2.24) is 4.90 Å². The summed E-state index contributed by atoms with van der Waals surface area (Å²) in [6.07, 6.45) is -2.22. The van der Waals surface area contributed by atoms with E-state index in [0.717, 1.165) is 42.5 Å². The van der Waals surface area contributed by atoms with Crippen LogP contribution in [0.25, 0.3) is 10.8 Å². The number of likely N-dealkylation sites (tertiary alicyclic amines) is 1. The molecular formula is C21H25F3N2O4. The first-order valence-electron chi connectivity index (χ1n) is 9.61. The molecule has 0 aromatic heterocycles. The number of alkyl halides is 3. The predicted molar refractivity (Wildman–Crippen MR) is 106 cm³/mol. The number of hydrogen-bond donors (Lipinski definition) is 2. The molecule has 2 aromatic carbocycles. The molecule has 164 valence electrons. The Balaban J connectivity index is 0.000000396. The molecule has 1 aliphatic rings. The topological polar surface area (TPSA) is 92.9 Å². The van der Waals surface area contributed by atoms with Gasteiger partial charge in [0, 0.05) is 18.4 Å². The number of rotatable bonds is 6. The molecular weight excluding hydrogens is 401 g/mol. The van der Waals surface area contributed by atoms with Gasteiger partial charge >= 0.3 is 12.1 Å². The van der Waals surface area contributed by atoms with Gasteiger partial charge in [0.1, 0.15) is 11.9 Å². The zero-order chi connectivity index (χ0) is 22.3. The van der Waals surface area contributed by atoms with Crippen LogP contribution in [0.2, 0.25) is 0 Å². The number of fused-ring (bicyclic) bond motifs is 1. The lowest BCUT2D eigenvalue weighted by Crippen LogP contribution is -2.40. The maximum absolute atomic E-state index is 11.7. The summed E-state index contributed by atoms with van der Waals surface area (Å²) in [7, 11) is 0. The molecule has 1 aliphatic heterocycles. The maximum atomic E-state index is 11.7. The minimum atomic E-state index is -5.08. The average molecular weight is 426 g/mol. The van der Waals surface area contributed by atoms with E-state index in [2.05, 4.69) is 30.0 Å². The molecule has 9 heteroatoms. The van der Waals surface area contributed by atoms with Gasteiger partial charge in [-0.25, -0.2) is 4.79 Å². The summed E-state index contributed by atoms with van der Waals surface area (Å²) in [4.78, 5) is 22.8. The maximum Gasteiger partial charge on any atom is 0.490 e. The molecule has 0 saturated carbocycles. The zero-order valence-corrected chi connectivity index (χ0v) is 16.6. The minimum Gasteiger partial charge on any atom is -0.488 e. The van der Waals surface area contributed by atoms with Gasteiger partial charge in [-0.3, -0.25) is 9.69 Å². The van der Waals surface area contributed by atoms with Crippen LogP contribution in [0.15, 0.2) is 42.5 Å². The van der Waals surface area contributed by atoms with Gasteiger partial charge in [-0.2, -0.15) is 13.2 Å². The molecule has 1 saturated heterocycles. The van der Waals surface area contributed by atoms with Crippen LogP contribution < -0.4 is 10.5 Å². The van der Waals surface area contributed by atoms with E-state index in [1.165, 1.54) is 0 Å². The van der Waals surface area contributed by atoms with Crippen LogP contribution in [0, 0.1) is 0 Å². The number of aliphatic carboxylic acids is 1. The smallest absolute Gasteiger partial charge is 0.488 e. The van der Waals surface area contributed by atoms with Crippen molar-refractivity contribution in [3.05, 3.63) is 42.5 Å². The summed E-state index contributed by atoms with van der Waals surface area (Å²) in [6, 6.07) is 14.1. The standard InChI is InChI=1S/C19H24N2O2.C2HF3O2/c1-2-3-11-21-13-15(12-17(21)19(20)22)23-18-10-6-8-14-7-4-5-9-16(14)18;3-2(4,5)1(6)7/h4-10,15,17H,2-3,11-13H2,1H3,(H2,20,22);(H,6,7)/t15-,17-;/m0./s1. The number of amides is 1. The summed E-state index contributed by atoms with van der Waals surface area (Å²) < 4.78 is 38.0. The Morgan fingerprint density at radius 1 is 1.20 bits per heavy atom. The van der Waals surface area contributed by atoms with E-state index in [4.69, 9.17) is 20.4 Å². The fourth-order valence-electron chi connectivity index (χ4n) is 3.33. The van der Waals surface area contributed by atoms with Crippen molar-refractivity contribution in [2.45, 2.75) is 44.5 Å². The fraction of sp³-hybridized carbons (Fsp3) is 0.429. The highest BCUT2D eigenvalue weighted by Gasteiger charge is 2.38. The number of hydrogen-bond acceptors (Lipinski definition) is 4. The third-order valence-electron chi connectivity index (χ3n) is 4.78. The van der Waals surface area contributed by atoms with E-state index in [9.17, 15) is 18.0 Å². The van der Waals surface area contributed by atoms with Crippen molar-refractivity contribution in [2.24, 2.45) is 5.73 Å². The van der Waals surface area contributed by atoms with Crippen LogP contribution in [0.4, 0.5) is 13.2 Å². The third kappa shape index (κ3) is 6.35. The van der Waals surface area contributed by atoms with Crippen LogP contribution >= 0.6 is 0 Å². The number of unbranched alkanes of at least 4 members (excludes halogenated alkanes) is 1. The van der Waals surface area contributed by atoms with Gasteiger partial charge in [0.25, 0.3) is 0 Å². The van der Waals surface area contributed by atoms with Crippen molar-refractivity contribution >= 4 is 22.6 Å². The second-order valence-electron chi connectivity index (χ2n) is 7.02. The zero-order valence-electron chi connectivity index (χ0n) is 16.6. The second-order valence-corrected chi connectivity index (χ2v) is 7.02. The molecule has 2 aromatic rings. The summed E-state index contributed by atoms with van der Waals surface area (Å²) >= 11 is 0. The lowest BCUT2D eigenvalue weighted by atomic mass is 10.1. The Kier molecular flexibility index (Phi) is 8.05. The van der Waals surface area contributed by atoms with Crippen molar-refractivity contribution in [3.63, 3.8) is 0 Å². The number of benzene rings is 2. The highest BCUT2D eigenvalue weighted by molar-refractivity contribution is 5.88. The SMILES string of the molecule is CCCCN1C[C@@H](Oc2cccc3ccccc23)C[C@H]1C(N)=O.O=C(O)C(F)(F)F. The fourth-order valence-corrected chi connectivity index (χ4v) is 3.33. The van der Waals surface area contributed by atoms with Gasteiger partial charge in [-0.15, -0.1) is 0 Å². The molecule has 0 spiro atoms. The predicted octanol–water partition coefficient (Wildman–Crippen LogP) is 3.58. The number of carbonyl (C=O) groups is 2. The van der Waals surface area contributed by atoms with Gasteiger partial charge in [-0.1, -0.05) is 49.7 Å². The average Bonchev–Trinajstić information content (AvgIpc) is 3.09. The molecule has 0 unspecified atom stereocenters. The summed E-state index contributed by atoms with van der Waals surface area (Å²) in [5, 5.41) is 9.40. The summed E-state index contributed by atoms with van der Waals surface area (Å²) in [6.45, 7) is 3.82. The quantitative estimate of drug-likeness (QED) is 0.737. The number of carboxylic acid groups (broad SMARTS) is 1. The largest absolute Gasteiger partial charge is 0.490 e. The number of halogens is 3. The number of carbonyl (C=O) groups excluding carboxylic acids is 1. The molecule has 0 bridgehead atoms. The number of carboxylic acids is 1. The molecule has 1 heterocycles. The normalized spacial score (nSPS) is 19.2. The monoisotopic (exact) mass is 426 g/mol. The number of nitrogens with two attached hydrogens (primary N) is 1. The number of nitrogens with zero attached hydrogens (tertiary/aromatic N) is 1. The second kappa shape index (κ2) is 10.3. The Morgan fingerprint density at radius 3 is 2.43 bits per heavy atom. The molecule has 1 amide bonds. The number of primary amides is 1. The third-order valence-corrected chi connectivity index (χ3v) is 4.78. The van der Waals surface area contributed by atoms with Gasteiger partial charge in [0.05, 0.1) is 6.04 Å². The molecule has 6 nitrogen and oxygen atoms in total. The van der Waals surface area contributed by atoms with E-state index < -0.39 is 12.1 Å². The Morgan fingerprint density at radius 2 is 1.83 bits per heavy atom. The van der Waals surface area contributed by atoms with Crippen molar-refractivity contribution < 1.29 is 32.6 Å².